The highest BCUT2D eigenvalue weighted by atomic mass is 16.4. The Hall–Kier alpha value is -1.90. The zero-order valence-corrected chi connectivity index (χ0v) is 8.22. The Labute approximate surface area is 88.0 Å². The van der Waals surface area contributed by atoms with Gasteiger partial charge in [0, 0.05) is 6.42 Å². The number of hydrogen-bond donors (Lipinski definition) is 1. The summed E-state index contributed by atoms with van der Waals surface area (Å²) in [5.74, 6) is -2.10. The summed E-state index contributed by atoms with van der Waals surface area (Å²) < 4.78 is 0. The van der Waals surface area contributed by atoms with Gasteiger partial charge in [0.05, 0.1) is 0 Å². The van der Waals surface area contributed by atoms with Gasteiger partial charge in [0.15, 0.2) is 0 Å². The molecule has 0 spiro atoms. The average Bonchev–Trinajstić information content (AvgIpc) is 2.25. The summed E-state index contributed by atoms with van der Waals surface area (Å²) in [5.41, 5.74) is 1.04. The fourth-order valence-electron chi connectivity index (χ4n) is 1.10. The minimum absolute atomic E-state index is 0.0542. The van der Waals surface area contributed by atoms with Crippen molar-refractivity contribution in [3.05, 3.63) is 42.0 Å². The molecule has 1 N–H and O–H groups in total. The molecule has 0 amide bonds. The molecular weight excluding hydrogens is 192 g/mol. The first kappa shape index (κ1) is 11.2. The number of allylic oxidation sites excluding steroid dienone is 1. The predicted molar refractivity (Wildman–Crippen MR) is 57.4 cm³/mol. The fourth-order valence-corrected chi connectivity index (χ4v) is 1.10. The van der Waals surface area contributed by atoms with E-state index in [0.717, 1.165) is 5.56 Å². The van der Waals surface area contributed by atoms with Gasteiger partial charge >= 0.3 is 5.97 Å². The molecule has 0 saturated carbocycles. The van der Waals surface area contributed by atoms with Gasteiger partial charge in [0.2, 0.25) is 5.78 Å². The number of carbonyl (C=O) groups is 2. The molecule has 0 saturated heterocycles. The van der Waals surface area contributed by atoms with Gasteiger partial charge in [0.25, 0.3) is 0 Å². The van der Waals surface area contributed by atoms with E-state index in [9.17, 15) is 9.59 Å². The van der Waals surface area contributed by atoms with E-state index in [1.54, 1.807) is 6.08 Å². The second kappa shape index (κ2) is 5.75. The lowest BCUT2D eigenvalue weighted by molar-refractivity contribution is -0.149. The van der Waals surface area contributed by atoms with Gasteiger partial charge in [-0.1, -0.05) is 42.5 Å². The van der Waals surface area contributed by atoms with E-state index in [1.807, 2.05) is 36.4 Å². The SMILES string of the molecule is O=C(O)C(=O)CC/C=C/c1ccccc1. The van der Waals surface area contributed by atoms with Crippen LogP contribution in [0.3, 0.4) is 0 Å². The molecule has 0 bridgehead atoms. The summed E-state index contributed by atoms with van der Waals surface area (Å²) in [7, 11) is 0. The van der Waals surface area contributed by atoms with Crippen LogP contribution in [0.4, 0.5) is 0 Å². The van der Waals surface area contributed by atoms with Gasteiger partial charge in [-0.05, 0) is 12.0 Å². The molecule has 0 heterocycles. The molecular formula is C12H12O3. The summed E-state index contributed by atoms with van der Waals surface area (Å²) in [5, 5.41) is 8.32. The standard InChI is InChI=1S/C12H12O3/c13-11(12(14)15)9-5-4-8-10-6-2-1-3-7-10/h1-4,6-8H,5,9H2,(H,14,15)/b8-4+. The summed E-state index contributed by atoms with van der Waals surface area (Å²) in [6.07, 6.45) is 4.18. The Morgan fingerprint density at radius 2 is 1.87 bits per heavy atom. The van der Waals surface area contributed by atoms with Gasteiger partial charge in [0.1, 0.15) is 0 Å². The minimum Gasteiger partial charge on any atom is -0.476 e. The van der Waals surface area contributed by atoms with Crippen LogP contribution in [0.2, 0.25) is 0 Å². The van der Waals surface area contributed by atoms with Crippen LogP contribution >= 0.6 is 0 Å². The normalized spacial score (nSPS) is 10.4. The molecule has 0 radical (unpaired) electrons. The zero-order valence-electron chi connectivity index (χ0n) is 8.22. The third-order valence-electron chi connectivity index (χ3n) is 1.89. The molecule has 78 valence electrons. The molecule has 0 aliphatic rings. The number of carboxylic acids is 1. The number of rotatable bonds is 5. The maximum atomic E-state index is 10.7. The van der Waals surface area contributed by atoms with Crippen LogP contribution < -0.4 is 0 Å². The summed E-state index contributed by atoms with van der Waals surface area (Å²) >= 11 is 0. The summed E-state index contributed by atoms with van der Waals surface area (Å²) in [6.45, 7) is 0. The third-order valence-corrected chi connectivity index (χ3v) is 1.89. The van der Waals surface area contributed by atoms with Gasteiger partial charge in [-0.25, -0.2) is 4.79 Å². The van der Waals surface area contributed by atoms with Crippen LogP contribution in [0.5, 0.6) is 0 Å². The van der Waals surface area contributed by atoms with Crippen LogP contribution in [0, 0.1) is 0 Å². The van der Waals surface area contributed by atoms with E-state index in [-0.39, 0.29) is 6.42 Å². The van der Waals surface area contributed by atoms with Crippen LogP contribution in [0.25, 0.3) is 6.08 Å². The first-order valence-corrected chi connectivity index (χ1v) is 4.68. The molecule has 0 aromatic heterocycles. The molecule has 0 unspecified atom stereocenters. The molecule has 0 atom stereocenters. The number of hydrogen-bond acceptors (Lipinski definition) is 2. The Morgan fingerprint density at radius 1 is 1.20 bits per heavy atom. The average molecular weight is 204 g/mol. The van der Waals surface area contributed by atoms with Crippen molar-refractivity contribution < 1.29 is 14.7 Å². The second-order valence-electron chi connectivity index (χ2n) is 3.08. The third kappa shape index (κ3) is 4.22. The number of Topliss-reactive ketones (excluding diaryl/α,β-unsaturated/α-hetero) is 1. The van der Waals surface area contributed by atoms with Crippen molar-refractivity contribution in [1.82, 2.24) is 0 Å². The Bertz CT molecular complexity index is 366. The molecule has 0 fully saturated rings. The quantitative estimate of drug-likeness (QED) is 0.747. The number of aliphatic carboxylic acids is 1. The molecule has 3 nitrogen and oxygen atoms in total. The van der Waals surface area contributed by atoms with Gasteiger partial charge in [-0.2, -0.15) is 0 Å². The summed E-state index contributed by atoms with van der Waals surface area (Å²) in [6, 6.07) is 9.64. The van der Waals surface area contributed by atoms with Crippen LogP contribution in [0.15, 0.2) is 36.4 Å². The van der Waals surface area contributed by atoms with E-state index in [4.69, 9.17) is 5.11 Å². The minimum atomic E-state index is -1.36. The van der Waals surface area contributed by atoms with Crippen molar-refractivity contribution in [1.29, 1.82) is 0 Å². The largest absolute Gasteiger partial charge is 0.476 e. The highest BCUT2D eigenvalue weighted by molar-refractivity contribution is 6.32. The van der Waals surface area contributed by atoms with Crippen molar-refractivity contribution in [2.24, 2.45) is 0 Å². The van der Waals surface area contributed by atoms with Crippen molar-refractivity contribution in [2.75, 3.05) is 0 Å². The van der Waals surface area contributed by atoms with Crippen molar-refractivity contribution in [3.63, 3.8) is 0 Å². The van der Waals surface area contributed by atoms with E-state index in [1.165, 1.54) is 0 Å². The first-order valence-electron chi connectivity index (χ1n) is 4.68. The molecule has 3 heteroatoms. The maximum absolute atomic E-state index is 10.7. The number of benzene rings is 1. The monoisotopic (exact) mass is 204 g/mol. The fraction of sp³-hybridized carbons (Fsp3) is 0.167. The number of carboxylic acid groups (broad SMARTS) is 1. The zero-order chi connectivity index (χ0) is 11.1. The van der Waals surface area contributed by atoms with Crippen LogP contribution in [-0.4, -0.2) is 16.9 Å². The van der Waals surface area contributed by atoms with E-state index in [2.05, 4.69) is 0 Å². The van der Waals surface area contributed by atoms with E-state index < -0.39 is 11.8 Å². The molecule has 0 aliphatic carbocycles. The summed E-state index contributed by atoms with van der Waals surface area (Å²) in [4.78, 5) is 20.9. The molecule has 1 aromatic rings. The Morgan fingerprint density at radius 3 is 2.47 bits per heavy atom. The van der Waals surface area contributed by atoms with E-state index >= 15 is 0 Å². The number of carbonyl (C=O) groups excluding carboxylic acids is 1. The predicted octanol–water partition coefficient (Wildman–Crippen LogP) is 2.13. The molecule has 15 heavy (non-hydrogen) atoms. The van der Waals surface area contributed by atoms with Crippen molar-refractivity contribution in [3.8, 4) is 0 Å². The second-order valence-corrected chi connectivity index (χ2v) is 3.08. The number of ketones is 1. The van der Waals surface area contributed by atoms with Crippen LogP contribution in [-0.2, 0) is 9.59 Å². The maximum Gasteiger partial charge on any atom is 0.372 e. The van der Waals surface area contributed by atoms with E-state index in [0.29, 0.717) is 6.42 Å². The topological polar surface area (TPSA) is 54.4 Å². The van der Waals surface area contributed by atoms with Crippen molar-refractivity contribution in [2.45, 2.75) is 12.8 Å². The van der Waals surface area contributed by atoms with Crippen molar-refractivity contribution >= 4 is 17.8 Å². The lowest BCUT2D eigenvalue weighted by atomic mass is 10.1. The highest BCUT2D eigenvalue weighted by Gasteiger charge is 2.08. The Kier molecular flexibility index (Phi) is 4.29. The molecule has 0 aliphatic heterocycles. The lowest BCUT2D eigenvalue weighted by Gasteiger charge is -1.92. The van der Waals surface area contributed by atoms with Gasteiger partial charge < -0.3 is 5.11 Å². The smallest absolute Gasteiger partial charge is 0.372 e. The lowest BCUT2D eigenvalue weighted by Crippen LogP contribution is -2.11. The first-order chi connectivity index (χ1) is 7.20. The Balaban J connectivity index is 2.35. The van der Waals surface area contributed by atoms with Crippen LogP contribution in [0.1, 0.15) is 18.4 Å². The van der Waals surface area contributed by atoms with Gasteiger partial charge in [-0.15, -0.1) is 0 Å². The van der Waals surface area contributed by atoms with Gasteiger partial charge in [-0.3, -0.25) is 4.79 Å². The molecule has 1 rings (SSSR count). The highest BCUT2D eigenvalue weighted by Crippen LogP contribution is 2.03. The molecule has 1 aromatic carbocycles.